The minimum absolute atomic E-state index is 0.0514. The second-order valence-electron chi connectivity index (χ2n) is 3.38. The summed E-state index contributed by atoms with van der Waals surface area (Å²) in [5.41, 5.74) is 10.7. The van der Waals surface area contributed by atoms with E-state index in [0.717, 1.165) is 0 Å². The third-order valence-electron chi connectivity index (χ3n) is 2.12. The van der Waals surface area contributed by atoms with E-state index >= 15 is 0 Å². The van der Waals surface area contributed by atoms with E-state index in [1.54, 1.807) is 18.2 Å². The van der Waals surface area contributed by atoms with Crippen molar-refractivity contribution in [1.29, 1.82) is 0 Å². The number of amides is 1. The number of nitrogens with two attached hydrogens (primary N) is 2. The summed E-state index contributed by atoms with van der Waals surface area (Å²) >= 11 is 0. The topological polar surface area (TPSA) is 125 Å². The first kappa shape index (κ1) is 14.4. The van der Waals surface area contributed by atoms with E-state index in [0.29, 0.717) is 5.56 Å². The van der Waals surface area contributed by atoms with Gasteiger partial charge in [-0.2, -0.15) is 0 Å². The highest BCUT2D eigenvalue weighted by molar-refractivity contribution is 7.89. The van der Waals surface area contributed by atoms with Crippen LogP contribution in [-0.4, -0.2) is 27.7 Å². The molecule has 0 aliphatic carbocycles. The number of hydrogen-bond donors (Lipinski definition) is 3. The molecule has 0 saturated heterocycles. The molecule has 0 spiro atoms. The van der Waals surface area contributed by atoms with Gasteiger partial charge in [-0.3, -0.25) is 0 Å². The number of rotatable bonds is 6. The van der Waals surface area contributed by atoms with Gasteiger partial charge in [0, 0.05) is 13.1 Å². The lowest BCUT2D eigenvalue weighted by molar-refractivity contribution is 0.159. The third kappa shape index (κ3) is 3.99. The predicted molar refractivity (Wildman–Crippen MR) is 65.1 cm³/mol. The van der Waals surface area contributed by atoms with Gasteiger partial charge >= 0.3 is 6.09 Å². The van der Waals surface area contributed by atoms with Crippen molar-refractivity contribution in [3.63, 3.8) is 0 Å². The Morgan fingerprint density at radius 3 is 2.61 bits per heavy atom. The number of carbonyl (C=O) groups is 1. The van der Waals surface area contributed by atoms with E-state index in [1.165, 1.54) is 6.07 Å². The van der Waals surface area contributed by atoms with Gasteiger partial charge in [0.2, 0.25) is 10.0 Å². The van der Waals surface area contributed by atoms with Crippen LogP contribution in [0.3, 0.4) is 0 Å². The van der Waals surface area contributed by atoms with Crippen molar-refractivity contribution < 1.29 is 17.9 Å². The SMILES string of the molecule is NCc1ccccc1S(=O)(=O)NCCOC(N)=O. The normalized spacial score (nSPS) is 11.2. The number of sulfonamides is 1. The van der Waals surface area contributed by atoms with Crippen molar-refractivity contribution in [2.75, 3.05) is 13.2 Å². The Labute approximate surface area is 105 Å². The molecule has 8 heteroatoms. The molecule has 0 unspecified atom stereocenters. The number of ether oxygens (including phenoxy) is 1. The standard InChI is InChI=1S/C10H15N3O4S/c11-7-8-3-1-2-4-9(8)18(15,16)13-5-6-17-10(12)14/h1-4,13H,5-7,11H2,(H2,12,14). The first-order chi connectivity index (χ1) is 8.47. The van der Waals surface area contributed by atoms with E-state index in [9.17, 15) is 13.2 Å². The Morgan fingerprint density at radius 1 is 1.33 bits per heavy atom. The summed E-state index contributed by atoms with van der Waals surface area (Å²) in [6, 6.07) is 6.40. The summed E-state index contributed by atoms with van der Waals surface area (Å²) in [5, 5.41) is 0. The van der Waals surface area contributed by atoms with Gasteiger partial charge in [-0.15, -0.1) is 0 Å². The van der Waals surface area contributed by atoms with Crippen LogP contribution in [0, 0.1) is 0 Å². The minimum Gasteiger partial charge on any atom is -0.448 e. The van der Waals surface area contributed by atoms with E-state index in [4.69, 9.17) is 11.5 Å². The van der Waals surface area contributed by atoms with Gasteiger partial charge < -0.3 is 16.2 Å². The number of benzene rings is 1. The maximum Gasteiger partial charge on any atom is 0.404 e. The van der Waals surface area contributed by atoms with Crippen molar-refractivity contribution in [1.82, 2.24) is 4.72 Å². The number of nitrogens with one attached hydrogen (secondary N) is 1. The quantitative estimate of drug-likeness (QED) is 0.604. The largest absolute Gasteiger partial charge is 0.448 e. The Balaban J connectivity index is 2.71. The molecule has 0 radical (unpaired) electrons. The molecule has 0 aromatic heterocycles. The van der Waals surface area contributed by atoms with Crippen LogP contribution in [0.2, 0.25) is 0 Å². The molecule has 7 nitrogen and oxygen atoms in total. The highest BCUT2D eigenvalue weighted by Crippen LogP contribution is 2.14. The van der Waals surface area contributed by atoms with Gasteiger partial charge in [0.25, 0.3) is 0 Å². The summed E-state index contributed by atoms with van der Waals surface area (Å²) in [5.74, 6) is 0. The fourth-order valence-corrected chi connectivity index (χ4v) is 2.60. The third-order valence-corrected chi connectivity index (χ3v) is 3.68. The Kier molecular flexibility index (Phi) is 5.08. The summed E-state index contributed by atoms with van der Waals surface area (Å²) in [7, 11) is -3.66. The van der Waals surface area contributed by atoms with Crippen LogP contribution in [0.15, 0.2) is 29.2 Å². The molecule has 0 atom stereocenters. The molecule has 1 amide bonds. The Hall–Kier alpha value is -1.64. The molecule has 18 heavy (non-hydrogen) atoms. The molecule has 0 heterocycles. The van der Waals surface area contributed by atoms with Gasteiger partial charge in [0.05, 0.1) is 4.90 Å². The molecule has 100 valence electrons. The van der Waals surface area contributed by atoms with E-state index in [1.807, 2.05) is 0 Å². The molecule has 1 aromatic carbocycles. The van der Waals surface area contributed by atoms with Gasteiger partial charge in [0.15, 0.2) is 0 Å². The predicted octanol–water partition coefficient (Wildman–Crippen LogP) is -0.481. The van der Waals surface area contributed by atoms with E-state index < -0.39 is 16.1 Å². The van der Waals surface area contributed by atoms with Crippen molar-refractivity contribution >= 4 is 16.1 Å². The summed E-state index contributed by atoms with van der Waals surface area (Å²) in [6.45, 7) is -0.0571. The molecule has 0 saturated carbocycles. The van der Waals surface area contributed by atoms with Crippen LogP contribution in [0.4, 0.5) is 4.79 Å². The zero-order valence-corrected chi connectivity index (χ0v) is 10.4. The van der Waals surface area contributed by atoms with Crippen LogP contribution in [0.25, 0.3) is 0 Å². The first-order valence-electron chi connectivity index (χ1n) is 5.17. The van der Waals surface area contributed by atoms with Gasteiger partial charge in [-0.1, -0.05) is 18.2 Å². The zero-order valence-electron chi connectivity index (χ0n) is 9.63. The second-order valence-corrected chi connectivity index (χ2v) is 5.11. The van der Waals surface area contributed by atoms with Crippen LogP contribution in [0.5, 0.6) is 0 Å². The molecule has 5 N–H and O–H groups in total. The molecular weight excluding hydrogens is 258 g/mol. The fraction of sp³-hybridized carbons (Fsp3) is 0.300. The molecule has 0 aliphatic rings. The smallest absolute Gasteiger partial charge is 0.404 e. The molecule has 0 fully saturated rings. The van der Waals surface area contributed by atoms with E-state index in [-0.39, 0.29) is 24.6 Å². The Morgan fingerprint density at radius 2 is 2.00 bits per heavy atom. The lowest BCUT2D eigenvalue weighted by Crippen LogP contribution is -2.30. The molecule has 0 bridgehead atoms. The first-order valence-corrected chi connectivity index (χ1v) is 6.65. The number of primary amides is 1. The van der Waals surface area contributed by atoms with Crippen LogP contribution < -0.4 is 16.2 Å². The van der Waals surface area contributed by atoms with E-state index in [2.05, 4.69) is 9.46 Å². The average Bonchev–Trinajstić information content (AvgIpc) is 2.34. The maximum atomic E-state index is 11.9. The summed E-state index contributed by atoms with van der Waals surface area (Å²) < 4.78 is 30.5. The zero-order chi connectivity index (χ0) is 13.6. The van der Waals surface area contributed by atoms with Gasteiger partial charge in [-0.25, -0.2) is 17.9 Å². The van der Waals surface area contributed by atoms with Gasteiger partial charge in [0.1, 0.15) is 6.61 Å². The monoisotopic (exact) mass is 273 g/mol. The summed E-state index contributed by atoms with van der Waals surface area (Å²) in [6.07, 6.45) is -0.948. The van der Waals surface area contributed by atoms with Crippen molar-refractivity contribution in [3.8, 4) is 0 Å². The molecule has 1 aromatic rings. The minimum atomic E-state index is -3.66. The lowest BCUT2D eigenvalue weighted by atomic mass is 10.2. The molecule has 1 rings (SSSR count). The maximum absolute atomic E-state index is 11.9. The fourth-order valence-electron chi connectivity index (χ4n) is 1.34. The average molecular weight is 273 g/mol. The van der Waals surface area contributed by atoms with Crippen LogP contribution in [-0.2, 0) is 21.3 Å². The van der Waals surface area contributed by atoms with Crippen molar-refractivity contribution in [2.45, 2.75) is 11.4 Å². The lowest BCUT2D eigenvalue weighted by Gasteiger charge is -2.10. The Bertz CT molecular complexity index is 516. The van der Waals surface area contributed by atoms with Crippen LogP contribution in [0.1, 0.15) is 5.56 Å². The van der Waals surface area contributed by atoms with Crippen LogP contribution >= 0.6 is 0 Å². The van der Waals surface area contributed by atoms with Gasteiger partial charge in [-0.05, 0) is 11.6 Å². The highest BCUT2D eigenvalue weighted by Gasteiger charge is 2.16. The molecular formula is C10H15N3O4S. The number of hydrogen-bond acceptors (Lipinski definition) is 5. The molecule has 0 aliphatic heterocycles. The second kappa shape index (κ2) is 6.34. The highest BCUT2D eigenvalue weighted by atomic mass is 32.2. The number of carbonyl (C=O) groups excluding carboxylic acids is 1. The van der Waals surface area contributed by atoms with Crippen molar-refractivity contribution in [2.24, 2.45) is 11.5 Å². The van der Waals surface area contributed by atoms with Crippen molar-refractivity contribution in [3.05, 3.63) is 29.8 Å². The summed E-state index contributed by atoms with van der Waals surface area (Å²) in [4.78, 5) is 10.4.